The first-order valence-corrected chi connectivity index (χ1v) is 10.9. The van der Waals surface area contributed by atoms with Gasteiger partial charge in [0, 0.05) is 12.2 Å². The molecule has 0 spiro atoms. The van der Waals surface area contributed by atoms with Gasteiger partial charge in [-0.2, -0.15) is 4.31 Å². The molecule has 1 N–H and O–H groups in total. The van der Waals surface area contributed by atoms with E-state index in [2.05, 4.69) is 5.32 Å². The first-order valence-electron chi connectivity index (χ1n) is 9.11. The van der Waals surface area contributed by atoms with Crippen LogP contribution in [-0.4, -0.2) is 25.2 Å². The summed E-state index contributed by atoms with van der Waals surface area (Å²) in [5.74, 6) is -1.17. The third kappa shape index (κ3) is 5.44. The summed E-state index contributed by atoms with van der Waals surface area (Å²) in [5, 5.41) is 2.42. The summed E-state index contributed by atoms with van der Waals surface area (Å²) in [6.07, 6.45) is 0. The van der Waals surface area contributed by atoms with Gasteiger partial charge in [-0.1, -0.05) is 59.6 Å². The van der Waals surface area contributed by atoms with Crippen LogP contribution in [0, 0.1) is 12.7 Å². The monoisotopic (exact) mass is 446 g/mol. The highest BCUT2D eigenvalue weighted by Crippen LogP contribution is 2.21. The molecule has 30 heavy (non-hydrogen) atoms. The largest absolute Gasteiger partial charge is 0.325 e. The van der Waals surface area contributed by atoms with Gasteiger partial charge in [-0.05, 0) is 42.8 Å². The van der Waals surface area contributed by atoms with E-state index in [9.17, 15) is 17.6 Å². The molecule has 8 heteroatoms. The van der Waals surface area contributed by atoms with Crippen molar-refractivity contribution >= 4 is 33.2 Å². The van der Waals surface area contributed by atoms with Crippen molar-refractivity contribution in [2.24, 2.45) is 0 Å². The van der Waals surface area contributed by atoms with Crippen molar-refractivity contribution in [3.63, 3.8) is 0 Å². The van der Waals surface area contributed by atoms with Crippen LogP contribution in [0.4, 0.5) is 10.1 Å². The zero-order valence-corrected chi connectivity index (χ0v) is 17.8. The van der Waals surface area contributed by atoms with E-state index in [0.717, 1.165) is 21.5 Å². The molecule has 5 nitrogen and oxygen atoms in total. The first-order chi connectivity index (χ1) is 14.3. The molecular formula is C22H20ClFN2O3S. The van der Waals surface area contributed by atoms with E-state index in [1.165, 1.54) is 24.3 Å². The van der Waals surface area contributed by atoms with Crippen LogP contribution in [0.3, 0.4) is 0 Å². The molecular weight excluding hydrogens is 427 g/mol. The van der Waals surface area contributed by atoms with E-state index in [0.29, 0.717) is 0 Å². The van der Waals surface area contributed by atoms with Crippen molar-refractivity contribution in [3.8, 4) is 0 Å². The normalized spacial score (nSPS) is 11.5. The van der Waals surface area contributed by atoms with Crippen LogP contribution >= 0.6 is 11.6 Å². The highest BCUT2D eigenvalue weighted by Gasteiger charge is 2.27. The summed E-state index contributed by atoms with van der Waals surface area (Å²) in [7, 11) is -3.93. The van der Waals surface area contributed by atoms with Crippen LogP contribution < -0.4 is 5.32 Å². The Bertz CT molecular complexity index is 1140. The van der Waals surface area contributed by atoms with Crippen LogP contribution in [0.2, 0.25) is 5.02 Å². The summed E-state index contributed by atoms with van der Waals surface area (Å²) < 4.78 is 40.9. The maximum absolute atomic E-state index is 13.3. The first kappa shape index (κ1) is 22.0. The van der Waals surface area contributed by atoms with Gasteiger partial charge < -0.3 is 5.32 Å². The standard InChI is InChI=1S/C22H20ClFN2O3S/c1-16-7-10-19(11-8-16)30(28,29)26(14-17-5-3-2-4-6-17)15-22(27)25-18-9-12-21(24)20(23)13-18/h2-13H,14-15H2,1H3,(H,25,27). The fourth-order valence-corrected chi connectivity index (χ4v) is 4.37. The van der Waals surface area contributed by atoms with Crippen LogP contribution in [0.15, 0.2) is 77.7 Å². The molecule has 0 saturated heterocycles. The van der Waals surface area contributed by atoms with Gasteiger partial charge in [-0.3, -0.25) is 4.79 Å². The summed E-state index contributed by atoms with van der Waals surface area (Å²) in [6.45, 7) is 1.47. The van der Waals surface area contributed by atoms with Crippen molar-refractivity contribution in [2.75, 3.05) is 11.9 Å². The molecule has 0 aliphatic carbocycles. The number of anilines is 1. The van der Waals surface area contributed by atoms with Crippen LogP contribution in [0.25, 0.3) is 0 Å². The Morgan fingerprint density at radius 1 is 1.03 bits per heavy atom. The van der Waals surface area contributed by atoms with Crippen molar-refractivity contribution in [1.29, 1.82) is 0 Å². The minimum atomic E-state index is -3.93. The van der Waals surface area contributed by atoms with Crippen LogP contribution in [0.1, 0.15) is 11.1 Å². The zero-order valence-electron chi connectivity index (χ0n) is 16.2. The van der Waals surface area contributed by atoms with E-state index in [1.807, 2.05) is 13.0 Å². The Balaban J connectivity index is 1.86. The van der Waals surface area contributed by atoms with E-state index >= 15 is 0 Å². The molecule has 1 amide bonds. The van der Waals surface area contributed by atoms with E-state index in [-0.39, 0.29) is 22.2 Å². The summed E-state index contributed by atoms with van der Waals surface area (Å²) in [6, 6.07) is 19.2. The van der Waals surface area contributed by atoms with Crippen molar-refractivity contribution in [3.05, 3.63) is 94.8 Å². The van der Waals surface area contributed by atoms with Gasteiger partial charge in [0.15, 0.2) is 0 Å². The maximum atomic E-state index is 13.3. The van der Waals surface area contributed by atoms with Crippen molar-refractivity contribution < 1.29 is 17.6 Å². The maximum Gasteiger partial charge on any atom is 0.243 e. The van der Waals surface area contributed by atoms with Gasteiger partial charge in [0.2, 0.25) is 15.9 Å². The number of nitrogens with one attached hydrogen (secondary N) is 1. The molecule has 3 rings (SSSR count). The Morgan fingerprint density at radius 2 is 1.70 bits per heavy atom. The lowest BCUT2D eigenvalue weighted by molar-refractivity contribution is -0.116. The Hall–Kier alpha value is -2.74. The van der Waals surface area contributed by atoms with E-state index in [4.69, 9.17) is 11.6 Å². The molecule has 0 saturated carbocycles. The molecule has 0 radical (unpaired) electrons. The number of benzene rings is 3. The Labute approximate surface area is 180 Å². The summed E-state index contributed by atoms with van der Waals surface area (Å²) >= 11 is 5.74. The molecule has 0 heterocycles. The third-order valence-electron chi connectivity index (χ3n) is 4.38. The molecule has 156 valence electrons. The second kappa shape index (κ2) is 9.38. The molecule has 0 bridgehead atoms. The smallest absolute Gasteiger partial charge is 0.243 e. The molecule has 0 aliphatic heterocycles. The number of rotatable bonds is 7. The minimum absolute atomic E-state index is 0.0225. The number of aryl methyl sites for hydroxylation is 1. The van der Waals surface area contributed by atoms with Gasteiger partial charge in [0.05, 0.1) is 16.5 Å². The third-order valence-corrected chi connectivity index (χ3v) is 6.48. The number of halogens is 2. The van der Waals surface area contributed by atoms with Gasteiger partial charge in [0.25, 0.3) is 0 Å². The van der Waals surface area contributed by atoms with Gasteiger partial charge >= 0.3 is 0 Å². The lowest BCUT2D eigenvalue weighted by Crippen LogP contribution is -2.37. The topological polar surface area (TPSA) is 66.5 Å². The molecule has 3 aromatic rings. The zero-order chi connectivity index (χ0) is 21.7. The number of carbonyl (C=O) groups excluding carboxylic acids is 1. The second-order valence-electron chi connectivity index (χ2n) is 6.75. The minimum Gasteiger partial charge on any atom is -0.325 e. The number of hydrogen-bond acceptors (Lipinski definition) is 3. The number of amides is 1. The van der Waals surface area contributed by atoms with Crippen molar-refractivity contribution in [2.45, 2.75) is 18.4 Å². The summed E-state index contributed by atoms with van der Waals surface area (Å²) in [4.78, 5) is 12.7. The molecule has 0 fully saturated rings. The Kier molecular flexibility index (Phi) is 6.87. The lowest BCUT2D eigenvalue weighted by atomic mass is 10.2. The fraction of sp³-hybridized carbons (Fsp3) is 0.136. The van der Waals surface area contributed by atoms with Crippen LogP contribution in [0.5, 0.6) is 0 Å². The highest BCUT2D eigenvalue weighted by atomic mass is 35.5. The number of hydrogen-bond donors (Lipinski definition) is 1. The van der Waals surface area contributed by atoms with Crippen LogP contribution in [-0.2, 0) is 21.4 Å². The number of sulfonamides is 1. The quantitative estimate of drug-likeness (QED) is 0.576. The van der Waals surface area contributed by atoms with Gasteiger partial charge in [0.1, 0.15) is 5.82 Å². The molecule has 0 aromatic heterocycles. The van der Waals surface area contributed by atoms with E-state index < -0.39 is 28.3 Å². The predicted octanol–water partition coefficient (Wildman–Crippen LogP) is 4.62. The average Bonchev–Trinajstić information content (AvgIpc) is 2.71. The van der Waals surface area contributed by atoms with E-state index in [1.54, 1.807) is 36.4 Å². The molecule has 0 unspecified atom stereocenters. The predicted molar refractivity (Wildman–Crippen MR) is 115 cm³/mol. The Morgan fingerprint density at radius 3 is 2.33 bits per heavy atom. The highest BCUT2D eigenvalue weighted by molar-refractivity contribution is 7.89. The SMILES string of the molecule is Cc1ccc(S(=O)(=O)N(CC(=O)Nc2ccc(F)c(Cl)c2)Cc2ccccc2)cc1. The molecule has 0 atom stereocenters. The molecule has 3 aromatic carbocycles. The second-order valence-corrected chi connectivity index (χ2v) is 9.09. The fourth-order valence-electron chi connectivity index (χ4n) is 2.81. The lowest BCUT2D eigenvalue weighted by Gasteiger charge is -2.22. The number of carbonyl (C=O) groups is 1. The molecule has 0 aliphatic rings. The van der Waals surface area contributed by atoms with Crippen molar-refractivity contribution in [1.82, 2.24) is 4.31 Å². The van der Waals surface area contributed by atoms with Gasteiger partial charge in [-0.25, -0.2) is 12.8 Å². The summed E-state index contributed by atoms with van der Waals surface area (Å²) in [5.41, 5.74) is 1.94. The van der Waals surface area contributed by atoms with Gasteiger partial charge in [-0.15, -0.1) is 0 Å². The number of nitrogens with zero attached hydrogens (tertiary/aromatic N) is 1. The average molecular weight is 447 g/mol.